The van der Waals surface area contributed by atoms with Crippen LogP contribution in [0.2, 0.25) is 0 Å². The summed E-state index contributed by atoms with van der Waals surface area (Å²) in [6.45, 7) is 1.04. The Hall–Kier alpha value is -2.32. The second-order valence-corrected chi connectivity index (χ2v) is 6.58. The molecule has 3 heterocycles. The molecule has 2 N–H and O–H groups in total. The Morgan fingerprint density at radius 2 is 2.19 bits per heavy atom. The van der Waals surface area contributed by atoms with Crippen molar-refractivity contribution in [1.82, 2.24) is 20.0 Å². The zero-order valence-electron chi connectivity index (χ0n) is 14.6. The van der Waals surface area contributed by atoms with Gasteiger partial charge < -0.3 is 19.6 Å². The van der Waals surface area contributed by atoms with Gasteiger partial charge in [-0.3, -0.25) is 9.78 Å². The smallest absolute Gasteiger partial charge is 0.226 e. The maximum absolute atomic E-state index is 12.3. The van der Waals surface area contributed by atoms with E-state index in [0.29, 0.717) is 44.1 Å². The summed E-state index contributed by atoms with van der Waals surface area (Å²) in [7, 11) is 0. The van der Waals surface area contributed by atoms with Gasteiger partial charge >= 0.3 is 0 Å². The van der Waals surface area contributed by atoms with Crippen molar-refractivity contribution in [3.63, 3.8) is 0 Å². The number of aryl methyl sites for hydroxylation is 1. The zero-order chi connectivity index (χ0) is 18.4. The van der Waals surface area contributed by atoms with Gasteiger partial charge in [0.15, 0.2) is 0 Å². The lowest BCUT2D eigenvalue weighted by Crippen LogP contribution is -2.41. The number of rotatable bonds is 7. The molecule has 1 amide bonds. The number of aromatic nitrogens is 3. The van der Waals surface area contributed by atoms with Gasteiger partial charge in [0.05, 0.1) is 12.7 Å². The fourth-order valence-electron chi connectivity index (χ4n) is 3.20. The largest absolute Gasteiger partial charge is 0.394 e. The Balaban J connectivity index is 1.41. The molecule has 0 bridgehead atoms. The molecule has 1 saturated heterocycles. The third kappa shape index (κ3) is 4.64. The summed E-state index contributed by atoms with van der Waals surface area (Å²) in [5.41, 5.74) is 0.798. The molecule has 8 nitrogen and oxygen atoms in total. The lowest BCUT2D eigenvalue weighted by atomic mass is 9.91. The Bertz CT molecular complexity index is 698. The van der Waals surface area contributed by atoms with Crippen molar-refractivity contribution in [2.75, 3.05) is 19.7 Å². The highest BCUT2D eigenvalue weighted by Crippen LogP contribution is 2.21. The summed E-state index contributed by atoms with van der Waals surface area (Å²) in [6, 6.07) is 3.68. The van der Waals surface area contributed by atoms with E-state index in [1.165, 1.54) is 0 Å². The first-order chi connectivity index (χ1) is 12.7. The number of carbonyl (C=O) groups excluding carboxylic acids is 1. The molecule has 2 aromatic rings. The summed E-state index contributed by atoms with van der Waals surface area (Å²) in [4.78, 5) is 22.5. The van der Waals surface area contributed by atoms with Crippen LogP contribution in [0, 0.1) is 5.92 Å². The summed E-state index contributed by atoms with van der Waals surface area (Å²) in [5, 5.41) is 22.6. The quantitative estimate of drug-likeness (QED) is 0.759. The minimum atomic E-state index is -0.682. The van der Waals surface area contributed by atoms with E-state index in [1.807, 2.05) is 17.0 Å². The van der Waals surface area contributed by atoms with E-state index in [4.69, 9.17) is 9.63 Å². The molecule has 0 radical (unpaired) electrons. The molecule has 0 aromatic carbocycles. The molecule has 140 valence electrons. The molecular formula is C18H24N4O4. The molecule has 3 rings (SSSR count). The molecule has 1 atom stereocenters. The van der Waals surface area contributed by atoms with Crippen molar-refractivity contribution in [2.24, 2.45) is 5.92 Å². The van der Waals surface area contributed by atoms with Crippen molar-refractivity contribution in [1.29, 1.82) is 0 Å². The normalized spacial score (nSPS) is 16.6. The average molecular weight is 360 g/mol. The zero-order valence-corrected chi connectivity index (χ0v) is 14.6. The van der Waals surface area contributed by atoms with Crippen LogP contribution in [0.15, 0.2) is 29.0 Å². The second-order valence-electron chi connectivity index (χ2n) is 6.58. The van der Waals surface area contributed by atoms with Crippen LogP contribution in [0.4, 0.5) is 0 Å². The molecule has 0 saturated carbocycles. The van der Waals surface area contributed by atoms with Gasteiger partial charge in [-0.25, -0.2) is 0 Å². The number of amides is 1. The molecule has 0 spiro atoms. The first kappa shape index (κ1) is 18.5. The van der Waals surface area contributed by atoms with Gasteiger partial charge in [0.1, 0.15) is 0 Å². The fourth-order valence-corrected chi connectivity index (χ4v) is 3.20. The van der Waals surface area contributed by atoms with Crippen LogP contribution in [-0.4, -0.2) is 61.9 Å². The second kappa shape index (κ2) is 8.86. The van der Waals surface area contributed by atoms with E-state index in [0.717, 1.165) is 18.4 Å². The molecule has 1 aliphatic heterocycles. The lowest BCUT2D eigenvalue weighted by Gasteiger charge is -2.33. The van der Waals surface area contributed by atoms with Crippen molar-refractivity contribution in [2.45, 2.75) is 38.2 Å². The molecule has 1 aliphatic rings. The van der Waals surface area contributed by atoms with Crippen LogP contribution in [0.25, 0.3) is 11.4 Å². The lowest BCUT2D eigenvalue weighted by molar-refractivity contribution is -0.133. The highest BCUT2D eigenvalue weighted by atomic mass is 16.5. The van der Waals surface area contributed by atoms with Gasteiger partial charge in [-0.1, -0.05) is 5.16 Å². The van der Waals surface area contributed by atoms with E-state index >= 15 is 0 Å². The maximum Gasteiger partial charge on any atom is 0.226 e. The standard InChI is InChI=1S/C18H24N4O4/c23-12-15(24)13-6-9-22(10-7-13)17(25)5-1-4-16-20-18(21-26-16)14-3-2-8-19-11-14/h2-3,8,11,13,15,23-24H,1,4-7,9-10,12H2. The molecule has 8 heteroatoms. The highest BCUT2D eigenvalue weighted by molar-refractivity contribution is 5.76. The summed E-state index contributed by atoms with van der Waals surface area (Å²) >= 11 is 0. The SMILES string of the molecule is O=C(CCCc1nc(-c2cccnc2)no1)N1CCC(C(O)CO)CC1. The van der Waals surface area contributed by atoms with Crippen molar-refractivity contribution in [3.8, 4) is 11.4 Å². The van der Waals surface area contributed by atoms with Crippen LogP contribution in [0.3, 0.4) is 0 Å². The molecule has 1 fully saturated rings. The van der Waals surface area contributed by atoms with E-state index in [2.05, 4.69) is 15.1 Å². The van der Waals surface area contributed by atoms with Gasteiger partial charge in [0.2, 0.25) is 17.6 Å². The third-order valence-electron chi connectivity index (χ3n) is 4.79. The Morgan fingerprint density at radius 1 is 1.38 bits per heavy atom. The third-order valence-corrected chi connectivity index (χ3v) is 4.79. The Morgan fingerprint density at radius 3 is 2.88 bits per heavy atom. The number of pyridine rings is 1. The first-order valence-corrected chi connectivity index (χ1v) is 8.97. The number of nitrogens with zero attached hydrogens (tertiary/aromatic N) is 4. The van der Waals surface area contributed by atoms with Gasteiger partial charge in [-0.15, -0.1) is 0 Å². The highest BCUT2D eigenvalue weighted by Gasteiger charge is 2.26. The van der Waals surface area contributed by atoms with Crippen LogP contribution < -0.4 is 0 Å². The molecule has 2 aromatic heterocycles. The summed E-state index contributed by atoms with van der Waals surface area (Å²) in [5.74, 6) is 1.20. The van der Waals surface area contributed by atoms with Crippen molar-refractivity contribution >= 4 is 5.91 Å². The predicted molar refractivity (Wildman–Crippen MR) is 92.9 cm³/mol. The number of hydrogen-bond acceptors (Lipinski definition) is 7. The summed E-state index contributed by atoms with van der Waals surface area (Å²) in [6.07, 6.45) is 5.76. The van der Waals surface area contributed by atoms with Crippen LogP contribution in [0.5, 0.6) is 0 Å². The van der Waals surface area contributed by atoms with Crippen LogP contribution in [0.1, 0.15) is 31.6 Å². The minimum absolute atomic E-state index is 0.0772. The number of carbonyl (C=O) groups is 1. The van der Waals surface area contributed by atoms with Crippen LogP contribution in [-0.2, 0) is 11.2 Å². The average Bonchev–Trinajstić information content (AvgIpc) is 3.17. The van der Waals surface area contributed by atoms with E-state index < -0.39 is 6.10 Å². The topological polar surface area (TPSA) is 113 Å². The van der Waals surface area contributed by atoms with Crippen molar-refractivity contribution in [3.05, 3.63) is 30.4 Å². The van der Waals surface area contributed by atoms with Gasteiger partial charge in [-0.2, -0.15) is 4.98 Å². The van der Waals surface area contributed by atoms with E-state index in [-0.39, 0.29) is 18.4 Å². The fraction of sp³-hybridized carbons (Fsp3) is 0.556. The first-order valence-electron chi connectivity index (χ1n) is 8.97. The Labute approximate surface area is 151 Å². The molecule has 1 unspecified atom stereocenters. The number of aliphatic hydroxyl groups is 2. The summed E-state index contributed by atoms with van der Waals surface area (Å²) < 4.78 is 5.23. The Kier molecular flexibility index (Phi) is 6.30. The van der Waals surface area contributed by atoms with Gasteiger partial charge in [0, 0.05) is 43.9 Å². The van der Waals surface area contributed by atoms with E-state index in [1.54, 1.807) is 12.4 Å². The number of likely N-dealkylation sites (tertiary alicyclic amines) is 1. The number of piperidine rings is 1. The number of aliphatic hydroxyl groups excluding tert-OH is 2. The van der Waals surface area contributed by atoms with E-state index in [9.17, 15) is 9.90 Å². The maximum atomic E-state index is 12.3. The van der Waals surface area contributed by atoms with Gasteiger partial charge in [0.25, 0.3) is 0 Å². The van der Waals surface area contributed by atoms with Crippen LogP contribution >= 0.6 is 0 Å². The van der Waals surface area contributed by atoms with Gasteiger partial charge in [-0.05, 0) is 37.3 Å². The molecule has 26 heavy (non-hydrogen) atoms. The minimum Gasteiger partial charge on any atom is -0.394 e. The van der Waals surface area contributed by atoms with Crippen molar-refractivity contribution < 1.29 is 19.5 Å². The number of hydrogen-bond donors (Lipinski definition) is 2. The molecule has 0 aliphatic carbocycles. The monoisotopic (exact) mass is 360 g/mol. The predicted octanol–water partition coefficient (Wildman–Crippen LogP) is 1.05. The molecular weight excluding hydrogens is 336 g/mol.